The standard InChI is InChI=1S/C15H21NO4/c1-5-19-14(17)12-9(3)16(11-7-8-11)10(4)13(12)15(18)20-6-2/h11H,5-8H2,1-4H3. The van der Waals surface area contributed by atoms with Gasteiger partial charge in [-0.3, -0.25) is 0 Å². The molecule has 0 bridgehead atoms. The smallest absolute Gasteiger partial charge is 0.340 e. The monoisotopic (exact) mass is 279 g/mol. The molecule has 0 unspecified atom stereocenters. The van der Waals surface area contributed by atoms with Crippen LogP contribution < -0.4 is 0 Å². The van der Waals surface area contributed by atoms with E-state index in [2.05, 4.69) is 4.57 Å². The highest BCUT2D eigenvalue weighted by atomic mass is 16.5. The van der Waals surface area contributed by atoms with Crippen molar-refractivity contribution in [3.05, 3.63) is 22.5 Å². The normalized spacial score (nSPS) is 14.2. The van der Waals surface area contributed by atoms with Crippen LogP contribution >= 0.6 is 0 Å². The van der Waals surface area contributed by atoms with Crippen molar-refractivity contribution in [2.75, 3.05) is 13.2 Å². The van der Waals surface area contributed by atoms with Crippen LogP contribution in [0.25, 0.3) is 0 Å². The molecule has 110 valence electrons. The average molecular weight is 279 g/mol. The summed E-state index contributed by atoms with van der Waals surface area (Å²) in [6.07, 6.45) is 2.17. The molecule has 5 nitrogen and oxygen atoms in total. The molecule has 1 saturated carbocycles. The Bertz CT molecular complexity index is 499. The number of hydrogen-bond acceptors (Lipinski definition) is 4. The first-order valence-electron chi connectivity index (χ1n) is 7.08. The first kappa shape index (κ1) is 14.6. The van der Waals surface area contributed by atoms with Gasteiger partial charge in [0, 0.05) is 17.4 Å². The molecular weight excluding hydrogens is 258 g/mol. The molecule has 1 aromatic rings. The Hall–Kier alpha value is -1.78. The molecule has 1 aromatic heterocycles. The SMILES string of the molecule is CCOC(=O)c1c(C(=O)OCC)c(C)n(C2CC2)c1C. The van der Waals surface area contributed by atoms with E-state index in [0.29, 0.717) is 17.2 Å². The highest BCUT2D eigenvalue weighted by molar-refractivity contribution is 6.05. The molecule has 5 heteroatoms. The van der Waals surface area contributed by atoms with Crippen molar-refractivity contribution in [3.8, 4) is 0 Å². The summed E-state index contributed by atoms with van der Waals surface area (Å²) >= 11 is 0. The lowest BCUT2D eigenvalue weighted by atomic mass is 10.1. The molecule has 1 aliphatic rings. The summed E-state index contributed by atoms with van der Waals surface area (Å²) in [5.74, 6) is -0.897. The van der Waals surface area contributed by atoms with E-state index in [9.17, 15) is 9.59 Å². The van der Waals surface area contributed by atoms with Crippen LogP contribution in [0.15, 0.2) is 0 Å². The lowest BCUT2D eigenvalue weighted by Gasteiger charge is -2.07. The molecule has 1 aliphatic carbocycles. The van der Waals surface area contributed by atoms with E-state index >= 15 is 0 Å². The first-order chi connectivity index (χ1) is 9.52. The molecule has 0 spiro atoms. The minimum absolute atomic E-state index is 0.286. The molecule has 1 heterocycles. The molecule has 0 radical (unpaired) electrons. The number of carbonyl (C=O) groups is 2. The highest BCUT2D eigenvalue weighted by Crippen LogP contribution is 2.40. The van der Waals surface area contributed by atoms with Crippen LogP contribution in [0.5, 0.6) is 0 Å². The predicted molar refractivity (Wildman–Crippen MR) is 74.1 cm³/mol. The summed E-state index contributed by atoms with van der Waals surface area (Å²) in [4.78, 5) is 24.3. The Morgan fingerprint density at radius 2 is 1.40 bits per heavy atom. The minimum atomic E-state index is -0.449. The summed E-state index contributed by atoms with van der Waals surface area (Å²) in [7, 11) is 0. The third-order valence-electron chi connectivity index (χ3n) is 3.57. The summed E-state index contributed by atoms with van der Waals surface area (Å²) < 4.78 is 12.2. The van der Waals surface area contributed by atoms with E-state index in [0.717, 1.165) is 24.2 Å². The van der Waals surface area contributed by atoms with Gasteiger partial charge in [-0.2, -0.15) is 0 Å². The fraction of sp³-hybridized carbons (Fsp3) is 0.600. The summed E-state index contributed by atoms with van der Waals surface area (Å²) in [6, 6.07) is 0.395. The van der Waals surface area contributed by atoms with Crippen LogP contribution in [-0.2, 0) is 9.47 Å². The third kappa shape index (κ3) is 2.44. The largest absolute Gasteiger partial charge is 0.462 e. The summed E-state index contributed by atoms with van der Waals surface area (Å²) in [6.45, 7) is 7.80. The summed E-state index contributed by atoms with van der Waals surface area (Å²) in [5.41, 5.74) is 2.31. The molecule has 2 rings (SSSR count). The molecular formula is C15H21NO4. The van der Waals surface area contributed by atoms with Gasteiger partial charge < -0.3 is 14.0 Å². The van der Waals surface area contributed by atoms with E-state index in [1.165, 1.54) is 0 Å². The van der Waals surface area contributed by atoms with Crippen molar-refractivity contribution in [2.45, 2.75) is 46.6 Å². The number of nitrogens with zero attached hydrogens (tertiary/aromatic N) is 1. The fourth-order valence-corrected chi connectivity index (χ4v) is 2.64. The number of hydrogen-bond donors (Lipinski definition) is 0. The van der Waals surface area contributed by atoms with Crippen LogP contribution in [0.1, 0.15) is 64.8 Å². The molecule has 0 atom stereocenters. The zero-order chi connectivity index (χ0) is 14.9. The maximum Gasteiger partial charge on any atom is 0.340 e. The topological polar surface area (TPSA) is 57.5 Å². The van der Waals surface area contributed by atoms with Crippen LogP contribution in [0.2, 0.25) is 0 Å². The van der Waals surface area contributed by atoms with E-state index in [1.54, 1.807) is 13.8 Å². The van der Waals surface area contributed by atoms with Gasteiger partial charge in [0.25, 0.3) is 0 Å². The van der Waals surface area contributed by atoms with Crippen molar-refractivity contribution in [3.63, 3.8) is 0 Å². The van der Waals surface area contributed by atoms with Crippen molar-refractivity contribution in [1.82, 2.24) is 4.57 Å². The first-order valence-corrected chi connectivity index (χ1v) is 7.08. The van der Waals surface area contributed by atoms with Gasteiger partial charge in [-0.15, -0.1) is 0 Å². The number of ether oxygens (including phenoxy) is 2. The van der Waals surface area contributed by atoms with Crippen LogP contribution in [-0.4, -0.2) is 29.7 Å². The number of esters is 2. The third-order valence-corrected chi connectivity index (χ3v) is 3.57. The van der Waals surface area contributed by atoms with Gasteiger partial charge in [0.05, 0.1) is 24.3 Å². The second-order valence-corrected chi connectivity index (χ2v) is 4.96. The van der Waals surface area contributed by atoms with E-state index < -0.39 is 11.9 Å². The number of aromatic nitrogens is 1. The van der Waals surface area contributed by atoms with Crippen molar-refractivity contribution < 1.29 is 19.1 Å². The van der Waals surface area contributed by atoms with Crippen LogP contribution in [0.3, 0.4) is 0 Å². The summed E-state index contributed by atoms with van der Waals surface area (Å²) in [5, 5.41) is 0. The Morgan fingerprint density at radius 3 is 1.70 bits per heavy atom. The van der Waals surface area contributed by atoms with Crippen LogP contribution in [0, 0.1) is 13.8 Å². The van der Waals surface area contributed by atoms with E-state index in [-0.39, 0.29) is 13.2 Å². The Labute approximate surface area is 118 Å². The van der Waals surface area contributed by atoms with Gasteiger partial charge in [-0.05, 0) is 40.5 Å². The Kier molecular flexibility index (Phi) is 4.16. The quantitative estimate of drug-likeness (QED) is 0.778. The molecule has 0 aromatic carbocycles. The molecule has 1 fully saturated rings. The second kappa shape index (κ2) is 5.69. The van der Waals surface area contributed by atoms with Crippen molar-refractivity contribution in [2.24, 2.45) is 0 Å². The van der Waals surface area contributed by atoms with Gasteiger partial charge in [0.1, 0.15) is 0 Å². The molecule has 0 aliphatic heterocycles. The maximum atomic E-state index is 12.2. The van der Waals surface area contributed by atoms with Crippen LogP contribution in [0.4, 0.5) is 0 Å². The molecule has 0 saturated heterocycles. The van der Waals surface area contributed by atoms with Gasteiger partial charge in [-0.25, -0.2) is 9.59 Å². The molecule has 0 N–H and O–H groups in total. The van der Waals surface area contributed by atoms with Gasteiger partial charge in [0.2, 0.25) is 0 Å². The maximum absolute atomic E-state index is 12.2. The molecule has 0 amide bonds. The van der Waals surface area contributed by atoms with Gasteiger partial charge in [0.15, 0.2) is 0 Å². The lowest BCUT2D eigenvalue weighted by molar-refractivity contribution is 0.0479. The van der Waals surface area contributed by atoms with E-state index in [4.69, 9.17) is 9.47 Å². The second-order valence-electron chi connectivity index (χ2n) is 4.96. The van der Waals surface area contributed by atoms with Gasteiger partial charge in [-0.1, -0.05) is 0 Å². The fourth-order valence-electron chi connectivity index (χ4n) is 2.64. The van der Waals surface area contributed by atoms with Gasteiger partial charge >= 0.3 is 11.9 Å². The average Bonchev–Trinajstić information content (AvgIpc) is 3.16. The Balaban J connectivity index is 2.53. The molecule has 20 heavy (non-hydrogen) atoms. The van der Waals surface area contributed by atoms with E-state index in [1.807, 2.05) is 13.8 Å². The minimum Gasteiger partial charge on any atom is -0.462 e. The Morgan fingerprint density at radius 1 is 1.00 bits per heavy atom. The highest BCUT2D eigenvalue weighted by Gasteiger charge is 2.34. The lowest BCUT2D eigenvalue weighted by Crippen LogP contribution is -2.13. The van der Waals surface area contributed by atoms with Crippen molar-refractivity contribution in [1.29, 1.82) is 0 Å². The number of rotatable bonds is 5. The van der Waals surface area contributed by atoms with Crippen molar-refractivity contribution >= 4 is 11.9 Å². The zero-order valence-corrected chi connectivity index (χ0v) is 12.5. The number of carbonyl (C=O) groups excluding carboxylic acids is 2. The predicted octanol–water partition coefficient (Wildman–Crippen LogP) is 2.79. The zero-order valence-electron chi connectivity index (χ0n) is 12.5.